The fourth-order valence-corrected chi connectivity index (χ4v) is 3.80. The summed E-state index contributed by atoms with van der Waals surface area (Å²) in [6.07, 6.45) is 6.56. The largest absolute Gasteiger partial charge is 0.339 e. The Morgan fingerprint density at radius 2 is 1.96 bits per heavy atom. The van der Waals surface area contributed by atoms with Gasteiger partial charge in [-0.25, -0.2) is 4.39 Å². The van der Waals surface area contributed by atoms with Crippen LogP contribution in [0.3, 0.4) is 0 Å². The van der Waals surface area contributed by atoms with Gasteiger partial charge in [-0.1, -0.05) is 0 Å². The third-order valence-electron chi connectivity index (χ3n) is 5.31. The lowest BCUT2D eigenvalue weighted by Crippen LogP contribution is -2.38. The van der Waals surface area contributed by atoms with Crippen LogP contribution in [-0.2, 0) is 6.54 Å². The fraction of sp³-hybridized carbons (Fsp3) is 0.579. The first-order valence-corrected chi connectivity index (χ1v) is 9.51. The molecular weight excluding hydrogens is 347 g/mol. The molecule has 2 aromatic rings. The predicted octanol–water partition coefficient (Wildman–Crippen LogP) is 2.23. The number of carbonyl (C=O) groups excluding carboxylic acids is 1. The molecule has 0 atom stereocenters. The van der Waals surface area contributed by atoms with Gasteiger partial charge in [0.25, 0.3) is 5.91 Å². The number of halogens is 1. The Morgan fingerprint density at radius 3 is 2.59 bits per heavy atom. The van der Waals surface area contributed by atoms with Gasteiger partial charge in [0.05, 0.1) is 18.3 Å². The van der Waals surface area contributed by atoms with Gasteiger partial charge in [0.2, 0.25) is 0 Å². The highest BCUT2D eigenvalue weighted by atomic mass is 19.1. The smallest absolute Gasteiger partial charge is 0.256 e. The van der Waals surface area contributed by atoms with Crippen LogP contribution in [0.1, 0.15) is 59.6 Å². The fourth-order valence-electron chi connectivity index (χ4n) is 3.80. The van der Waals surface area contributed by atoms with E-state index in [9.17, 15) is 9.18 Å². The summed E-state index contributed by atoms with van der Waals surface area (Å²) in [4.78, 5) is 20.1. The zero-order valence-corrected chi connectivity index (χ0v) is 15.8. The molecule has 27 heavy (non-hydrogen) atoms. The summed E-state index contributed by atoms with van der Waals surface area (Å²) in [7, 11) is 4.07. The first-order chi connectivity index (χ1) is 13.0. The number of hydrogen-bond donors (Lipinski definition) is 0. The second-order valence-electron chi connectivity index (χ2n) is 7.74. The second kappa shape index (κ2) is 7.34. The molecular formula is C19H25FN6O. The lowest BCUT2D eigenvalue weighted by atomic mass is 9.95. The average Bonchev–Trinajstić information content (AvgIpc) is 3.42. The van der Waals surface area contributed by atoms with Gasteiger partial charge in [-0.15, -0.1) is 10.2 Å². The molecule has 0 bridgehead atoms. The van der Waals surface area contributed by atoms with Crippen molar-refractivity contribution in [1.29, 1.82) is 0 Å². The van der Waals surface area contributed by atoms with Crippen molar-refractivity contribution in [3.8, 4) is 0 Å². The summed E-state index contributed by atoms with van der Waals surface area (Å²) in [6.45, 7) is 1.99. The second-order valence-corrected chi connectivity index (χ2v) is 7.74. The average molecular weight is 372 g/mol. The number of likely N-dealkylation sites (tertiary alicyclic amines) is 1. The maximum Gasteiger partial charge on any atom is 0.256 e. The maximum absolute atomic E-state index is 13.9. The van der Waals surface area contributed by atoms with Crippen LogP contribution in [0.2, 0.25) is 0 Å². The molecule has 1 saturated carbocycles. The number of carbonyl (C=O) groups is 1. The summed E-state index contributed by atoms with van der Waals surface area (Å²) < 4.78 is 16.2. The number of nitrogens with zero attached hydrogens (tertiary/aromatic N) is 6. The van der Waals surface area contributed by atoms with Crippen LogP contribution in [0, 0.1) is 5.82 Å². The SMILES string of the molecule is CN(C)Cc1nnc(C2CCN(C(=O)c3ccncc3F)CC2)n1C1CC1. The number of rotatable bonds is 5. The summed E-state index contributed by atoms with van der Waals surface area (Å²) in [5.74, 6) is 1.54. The first-order valence-electron chi connectivity index (χ1n) is 9.51. The summed E-state index contributed by atoms with van der Waals surface area (Å²) >= 11 is 0. The van der Waals surface area contributed by atoms with Crippen molar-refractivity contribution in [3.63, 3.8) is 0 Å². The number of piperidine rings is 1. The van der Waals surface area contributed by atoms with Gasteiger partial charge in [0.1, 0.15) is 11.6 Å². The Balaban J connectivity index is 1.46. The molecule has 8 heteroatoms. The van der Waals surface area contributed by atoms with E-state index in [1.807, 2.05) is 14.1 Å². The molecule has 1 amide bonds. The van der Waals surface area contributed by atoms with E-state index >= 15 is 0 Å². The quantitative estimate of drug-likeness (QED) is 0.805. The van der Waals surface area contributed by atoms with Gasteiger partial charge in [-0.3, -0.25) is 9.78 Å². The topological polar surface area (TPSA) is 67.2 Å². The van der Waals surface area contributed by atoms with Crippen LogP contribution in [0.5, 0.6) is 0 Å². The molecule has 4 rings (SSSR count). The third kappa shape index (κ3) is 3.71. The summed E-state index contributed by atoms with van der Waals surface area (Å²) in [5.41, 5.74) is 0.0952. The summed E-state index contributed by atoms with van der Waals surface area (Å²) in [5, 5.41) is 8.95. The van der Waals surface area contributed by atoms with Crippen molar-refractivity contribution in [2.75, 3.05) is 27.2 Å². The number of pyridine rings is 1. The van der Waals surface area contributed by atoms with E-state index in [1.165, 1.54) is 25.1 Å². The molecule has 2 aliphatic rings. The standard InChI is InChI=1S/C19H25FN6O/c1-24(2)12-17-22-23-18(26(17)14-3-4-14)13-6-9-25(10-7-13)19(27)15-5-8-21-11-16(15)20/h5,8,11,13-14H,3-4,6-7,9-10,12H2,1-2H3. The van der Waals surface area contributed by atoms with Crippen LogP contribution in [0.15, 0.2) is 18.5 Å². The molecule has 0 radical (unpaired) electrons. The highest BCUT2D eigenvalue weighted by Gasteiger charge is 2.34. The van der Waals surface area contributed by atoms with Gasteiger partial charge in [-0.05, 0) is 45.8 Å². The highest BCUT2D eigenvalue weighted by molar-refractivity contribution is 5.94. The molecule has 1 saturated heterocycles. The molecule has 3 heterocycles. The van der Waals surface area contributed by atoms with Gasteiger partial charge in [-0.2, -0.15) is 0 Å². The van der Waals surface area contributed by atoms with E-state index in [0.29, 0.717) is 25.0 Å². The molecule has 1 aliphatic heterocycles. The van der Waals surface area contributed by atoms with Crippen molar-refractivity contribution < 1.29 is 9.18 Å². The minimum atomic E-state index is -0.563. The maximum atomic E-state index is 13.9. The molecule has 7 nitrogen and oxygen atoms in total. The summed E-state index contributed by atoms with van der Waals surface area (Å²) in [6, 6.07) is 1.97. The van der Waals surface area contributed by atoms with Crippen molar-refractivity contribution in [1.82, 2.24) is 29.5 Å². The van der Waals surface area contributed by atoms with E-state index in [1.54, 1.807) is 4.90 Å². The van der Waals surface area contributed by atoms with Crippen molar-refractivity contribution in [2.24, 2.45) is 0 Å². The first kappa shape index (κ1) is 18.0. The molecule has 0 aromatic carbocycles. The molecule has 2 fully saturated rings. The molecule has 0 N–H and O–H groups in total. The van der Waals surface area contributed by atoms with E-state index in [2.05, 4.69) is 24.6 Å². The minimum absolute atomic E-state index is 0.0952. The van der Waals surface area contributed by atoms with E-state index < -0.39 is 5.82 Å². The molecule has 2 aromatic heterocycles. The van der Waals surface area contributed by atoms with Gasteiger partial charge < -0.3 is 14.4 Å². The van der Waals surface area contributed by atoms with E-state index in [0.717, 1.165) is 37.2 Å². The number of amides is 1. The zero-order chi connectivity index (χ0) is 19.0. The third-order valence-corrected chi connectivity index (χ3v) is 5.31. The Bertz CT molecular complexity index is 823. The lowest BCUT2D eigenvalue weighted by Gasteiger charge is -2.32. The normalized spacial score (nSPS) is 18.3. The van der Waals surface area contributed by atoms with Gasteiger partial charge in [0, 0.05) is 31.2 Å². The lowest BCUT2D eigenvalue weighted by molar-refractivity contribution is 0.0705. The molecule has 0 unspecified atom stereocenters. The van der Waals surface area contributed by atoms with Crippen molar-refractivity contribution >= 4 is 5.91 Å². The Hall–Kier alpha value is -2.35. The van der Waals surface area contributed by atoms with Gasteiger partial charge >= 0.3 is 0 Å². The molecule has 1 aliphatic carbocycles. The zero-order valence-electron chi connectivity index (χ0n) is 15.8. The Labute approximate surface area is 158 Å². The number of hydrogen-bond acceptors (Lipinski definition) is 5. The van der Waals surface area contributed by atoms with Crippen molar-refractivity contribution in [2.45, 2.75) is 44.2 Å². The van der Waals surface area contributed by atoms with Crippen LogP contribution < -0.4 is 0 Å². The van der Waals surface area contributed by atoms with E-state index in [-0.39, 0.29) is 11.5 Å². The predicted molar refractivity (Wildman–Crippen MR) is 97.8 cm³/mol. The Morgan fingerprint density at radius 1 is 1.22 bits per heavy atom. The molecule has 144 valence electrons. The van der Waals surface area contributed by atoms with Crippen molar-refractivity contribution in [3.05, 3.63) is 41.5 Å². The highest BCUT2D eigenvalue weighted by Crippen LogP contribution is 2.40. The van der Waals surface area contributed by atoms with Gasteiger partial charge in [0.15, 0.2) is 5.82 Å². The minimum Gasteiger partial charge on any atom is -0.339 e. The monoisotopic (exact) mass is 372 g/mol. The Kier molecular flexibility index (Phi) is 4.90. The van der Waals surface area contributed by atoms with Crippen LogP contribution in [0.25, 0.3) is 0 Å². The molecule has 0 spiro atoms. The van der Waals surface area contributed by atoms with Crippen LogP contribution in [0.4, 0.5) is 4.39 Å². The number of aromatic nitrogens is 4. The van der Waals surface area contributed by atoms with E-state index in [4.69, 9.17) is 0 Å². The van der Waals surface area contributed by atoms with Crippen LogP contribution in [-0.4, -0.2) is 62.6 Å². The van der Waals surface area contributed by atoms with Crippen LogP contribution >= 0.6 is 0 Å².